The van der Waals surface area contributed by atoms with Crippen LogP contribution in [-0.2, 0) is 37.9 Å². The summed E-state index contributed by atoms with van der Waals surface area (Å²) in [5, 5.41) is 16.4. The van der Waals surface area contributed by atoms with E-state index in [-0.39, 0.29) is 69.5 Å². The Morgan fingerprint density at radius 3 is 2.52 bits per heavy atom. The number of hydrogen-bond acceptors (Lipinski definition) is 10. The Labute approximate surface area is 248 Å². The Balaban J connectivity index is 1.41. The van der Waals surface area contributed by atoms with Crippen LogP contribution >= 0.6 is 11.3 Å². The van der Waals surface area contributed by atoms with Gasteiger partial charge in [-0.2, -0.15) is 8.42 Å². The number of amidine groups is 1. The molecule has 15 heteroatoms. The molecule has 3 aliphatic carbocycles. The van der Waals surface area contributed by atoms with Crippen molar-refractivity contribution < 1.29 is 36.2 Å². The number of carbonyl (C=O) groups excluding carboxylic acids is 1. The highest BCUT2D eigenvalue weighted by Crippen LogP contribution is 2.53. The lowest BCUT2D eigenvalue weighted by atomic mass is 9.59. The van der Waals surface area contributed by atoms with E-state index in [0.29, 0.717) is 11.5 Å². The minimum atomic E-state index is -4.33. The molecule has 3 N–H and O–H groups in total. The molecule has 0 radical (unpaired) electrons. The molecule has 1 aromatic carbocycles. The Morgan fingerprint density at radius 2 is 1.86 bits per heavy atom. The number of hydrogen-bond donors (Lipinski definition) is 3. The van der Waals surface area contributed by atoms with E-state index in [2.05, 4.69) is 14.4 Å². The molecule has 1 aromatic heterocycles. The second kappa shape index (κ2) is 10.5. The van der Waals surface area contributed by atoms with Gasteiger partial charge < -0.3 is 24.8 Å². The fraction of sp³-hybridized carbons (Fsp3) is 0.481. The van der Waals surface area contributed by atoms with E-state index in [9.17, 15) is 26.7 Å². The predicted molar refractivity (Wildman–Crippen MR) is 157 cm³/mol. The van der Waals surface area contributed by atoms with Crippen molar-refractivity contribution in [2.75, 3.05) is 25.8 Å². The van der Waals surface area contributed by atoms with Gasteiger partial charge in [0.05, 0.1) is 20.5 Å². The summed E-state index contributed by atoms with van der Waals surface area (Å²) in [7, 11) is -4.79. The maximum absolute atomic E-state index is 14.3. The van der Waals surface area contributed by atoms with Gasteiger partial charge in [-0.1, -0.05) is 0 Å². The summed E-state index contributed by atoms with van der Waals surface area (Å²) >= 11 is 1.06. The number of carbonyl (C=O) groups is 1. The van der Waals surface area contributed by atoms with E-state index < -0.39 is 26.0 Å². The van der Waals surface area contributed by atoms with Crippen LogP contribution in [0.2, 0.25) is 0 Å². The fourth-order valence-electron chi connectivity index (χ4n) is 6.86. The molecule has 3 saturated carbocycles. The molecule has 7 rings (SSSR count). The largest absolute Gasteiger partial charge is 0.511 e. The van der Waals surface area contributed by atoms with Crippen molar-refractivity contribution in [3.8, 4) is 11.5 Å². The van der Waals surface area contributed by atoms with E-state index in [0.717, 1.165) is 48.8 Å². The number of amides is 1. The molecule has 42 heavy (non-hydrogen) atoms. The number of fused-ring (bicyclic) bond motifs is 3. The number of rotatable bonds is 8. The van der Waals surface area contributed by atoms with Crippen LogP contribution in [0, 0.1) is 17.8 Å². The van der Waals surface area contributed by atoms with Crippen molar-refractivity contribution in [3.63, 3.8) is 0 Å². The van der Waals surface area contributed by atoms with Gasteiger partial charge in [0.1, 0.15) is 32.7 Å². The molecule has 5 aliphatic rings. The zero-order valence-electron chi connectivity index (χ0n) is 23.3. The van der Waals surface area contributed by atoms with Crippen LogP contribution < -0.4 is 19.5 Å². The maximum atomic E-state index is 14.3. The van der Waals surface area contributed by atoms with Crippen LogP contribution in [0.5, 0.6) is 11.5 Å². The number of anilines is 1. The van der Waals surface area contributed by atoms with Crippen molar-refractivity contribution in [3.05, 3.63) is 46.0 Å². The summed E-state index contributed by atoms with van der Waals surface area (Å²) in [6, 6.07) is 5.13. The van der Waals surface area contributed by atoms with Crippen LogP contribution in [0.25, 0.3) is 0 Å². The van der Waals surface area contributed by atoms with Crippen molar-refractivity contribution in [2.45, 2.75) is 49.7 Å². The summed E-state index contributed by atoms with van der Waals surface area (Å²) in [4.78, 5) is 15.9. The van der Waals surface area contributed by atoms with Gasteiger partial charge in [0.25, 0.3) is 15.9 Å². The third kappa shape index (κ3) is 4.95. The molecule has 2 atom stereocenters. The minimum Gasteiger partial charge on any atom is -0.511 e. The molecule has 1 amide bonds. The van der Waals surface area contributed by atoms with Gasteiger partial charge >= 0.3 is 0 Å². The SMILES string of the molecule is COc1ccc(CN2C(=O)C(C3=NS(=O)(=O)c4c(CNS(C)(=O)=O)csc4N3)=C(O)[C@@H]3C4CCC(CC4)C32)c(OC)c1. The summed E-state index contributed by atoms with van der Waals surface area (Å²) in [5.41, 5.74) is 0.832. The summed E-state index contributed by atoms with van der Waals surface area (Å²) in [6.45, 7) is -0.0354. The van der Waals surface area contributed by atoms with Gasteiger partial charge in [-0.25, -0.2) is 13.1 Å². The molecule has 12 nitrogen and oxygen atoms in total. The third-order valence-corrected chi connectivity index (χ3v) is 11.8. The molecular formula is C27H32N4O8S3. The van der Waals surface area contributed by atoms with Crippen LogP contribution in [0.1, 0.15) is 36.8 Å². The normalized spacial score (nSPS) is 26.3. The number of nitrogens with one attached hydrogen (secondary N) is 2. The summed E-state index contributed by atoms with van der Waals surface area (Å²) in [5.74, 6) is 0.288. The van der Waals surface area contributed by atoms with Gasteiger partial charge in [0, 0.05) is 42.2 Å². The smallest absolute Gasteiger partial charge is 0.287 e. The Morgan fingerprint density at radius 1 is 1.14 bits per heavy atom. The first-order valence-electron chi connectivity index (χ1n) is 13.5. The number of thiophene rings is 1. The molecular weight excluding hydrogens is 605 g/mol. The topological polar surface area (TPSA) is 164 Å². The molecule has 3 heterocycles. The first-order chi connectivity index (χ1) is 19.9. The van der Waals surface area contributed by atoms with Gasteiger partial charge in [0.2, 0.25) is 10.0 Å². The van der Waals surface area contributed by atoms with E-state index in [1.54, 1.807) is 31.3 Å². The standard InChI is InChI=1S/C27H32N4O8S3/c1-38-18-9-8-16(19(10-18)39-2)12-31-22-15-6-4-14(5-7-15)20(22)23(32)21(27(31)33)25-29-26-24(42(36,37)30-25)17(13-40-26)11-28-41(3,34)35/h8-10,13-15,20,22,28,32H,4-7,11-12H2,1-3H3,(H,29,30)/t14?,15?,20-,22?/m1/s1. The molecule has 2 aliphatic heterocycles. The number of ether oxygens (including phenoxy) is 2. The zero-order chi connectivity index (χ0) is 30.0. The number of benzene rings is 1. The zero-order valence-corrected chi connectivity index (χ0v) is 25.7. The molecule has 0 spiro atoms. The number of methoxy groups -OCH3 is 2. The monoisotopic (exact) mass is 636 g/mol. The fourth-order valence-corrected chi connectivity index (χ4v) is 9.88. The van der Waals surface area contributed by atoms with E-state index >= 15 is 0 Å². The lowest BCUT2D eigenvalue weighted by molar-refractivity contribution is -0.140. The highest BCUT2D eigenvalue weighted by atomic mass is 32.2. The Bertz CT molecular complexity index is 1720. The highest BCUT2D eigenvalue weighted by molar-refractivity contribution is 7.91. The van der Waals surface area contributed by atoms with Gasteiger partial charge in [-0.05, 0) is 55.0 Å². The number of aliphatic hydroxyl groups is 1. The summed E-state index contributed by atoms with van der Waals surface area (Å²) < 4.78 is 67.2. The molecule has 2 bridgehead atoms. The predicted octanol–water partition coefficient (Wildman–Crippen LogP) is 2.99. The lowest BCUT2D eigenvalue weighted by Gasteiger charge is -2.54. The second-order valence-corrected chi connectivity index (χ2v) is 15.4. The van der Waals surface area contributed by atoms with Crippen LogP contribution in [0.4, 0.5) is 5.00 Å². The highest BCUT2D eigenvalue weighted by Gasteiger charge is 2.54. The van der Waals surface area contributed by atoms with Crippen molar-refractivity contribution >= 4 is 48.1 Å². The molecule has 3 fully saturated rings. The number of sulfonamides is 2. The van der Waals surface area contributed by atoms with E-state index in [1.165, 1.54) is 5.38 Å². The lowest BCUT2D eigenvalue weighted by Crippen LogP contribution is -2.60. The quantitative estimate of drug-likeness (QED) is 0.395. The minimum absolute atomic E-state index is 0.127. The van der Waals surface area contributed by atoms with Gasteiger partial charge in [-0.15, -0.1) is 15.7 Å². The third-order valence-electron chi connectivity index (χ3n) is 8.70. The van der Waals surface area contributed by atoms with E-state index in [1.807, 2.05) is 6.07 Å². The van der Waals surface area contributed by atoms with Crippen LogP contribution in [0.15, 0.2) is 44.2 Å². The molecule has 226 valence electrons. The summed E-state index contributed by atoms with van der Waals surface area (Å²) in [6.07, 6.45) is 4.72. The molecule has 2 aromatic rings. The molecule has 1 unspecified atom stereocenters. The number of nitrogens with zero attached hydrogens (tertiary/aromatic N) is 2. The van der Waals surface area contributed by atoms with Gasteiger partial charge in [-0.3, -0.25) is 4.79 Å². The van der Waals surface area contributed by atoms with Crippen molar-refractivity contribution in [1.29, 1.82) is 0 Å². The maximum Gasteiger partial charge on any atom is 0.287 e. The first-order valence-corrected chi connectivity index (χ1v) is 17.7. The Hall–Kier alpha value is -3.14. The van der Waals surface area contributed by atoms with Crippen molar-refractivity contribution in [2.24, 2.45) is 22.2 Å². The van der Waals surface area contributed by atoms with Crippen molar-refractivity contribution in [1.82, 2.24) is 9.62 Å². The Kier molecular flexibility index (Phi) is 7.27. The van der Waals surface area contributed by atoms with Crippen LogP contribution in [0.3, 0.4) is 0 Å². The van der Waals surface area contributed by atoms with E-state index in [4.69, 9.17) is 9.47 Å². The van der Waals surface area contributed by atoms with Crippen LogP contribution in [-0.4, -0.2) is 65.1 Å². The first kappa shape index (κ1) is 29.0. The molecule has 0 saturated heterocycles. The average molecular weight is 637 g/mol. The second-order valence-electron chi connectivity index (χ2n) is 11.1. The average Bonchev–Trinajstić information content (AvgIpc) is 3.38. The number of aliphatic hydroxyl groups excluding tert-OH is 1. The van der Waals surface area contributed by atoms with Gasteiger partial charge in [0.15, 0.2) is 5.84 Å².